The van der Waals surface area contributed by atoms with E-state index in [1.54, 1.807) is 20.8 Å². The van der Waals surface area contributed by atoms with Crippen molar-refractivity contribution in [2.45, 2.75) is 26.9 Å². The first kappa shape index (κ1) is 15.0. The molecular formula is C8H18NO4PS. The van der Waals surface area contributed by atoms with Crippen LogP contribution in [0.1, 0.15) is 20.8 Å². The Kier molecular flexibility index (Phi) is 7.26. The molecule has 0 bridgehead atoms. The first-order valence-corrected chi connectivity index (χ1v) is 7.85. The summed E-state index contributed by atoms with van der Waals surface area (Å²) in [5, 5.41) is 2.44. The molecule has 15 heavy (non-hydrogen) atoms. The van der Waals surface area contributed by atoms with E-state index in [-0.39, 0.29) is 17.8 Å². The van der Waals surface area contributed by atoms with Crippen LogP contribution >= 0.6 is 18.2 Å². The summed E-state index contributed by atoms with van der Waals surface area (Å²) >= 11 is 0.909. The zero-order valence-corrected chi connectivity index (χ0v) is 11.2. The van der Waals surface area contributed by atoms with Crippen LogP contribution < -0.4 is 5.32 Å². The Hall–Kier alpha value is -0.0300. The second-order valence-electron chi connectivity index (χ2n) is 2.97. The summed E-state index contributed by atoms with van der Waals surface area (Å²) in [6.07, 6.45) is -0.195. The molecule has 0 aliphatic rings. The zero-order valence-electron chi connectivity index (χ0n) is 9.48. The summed E-state index contributed by atoms with van der Waals surface area (Å²) in [4.78, 5) is 11.0. The summed E-state index contributed by atoms with van der Waals surface area (Å²) in [5.41, 5.74) is 0. The van der Waals surface area contributed by atoms with Gasteiger partial charge in [-0.2, -0.15) is 0 Å². The smallest absolute Gasteiger partial charge is 0.358 e. The van der Waals surface area contributed by atoms with E-state index in [1.807, 2.05) is 0 Å². The fourth-order valence-electron chi connectivity index (χ4n) is 0.724. The summed E-state index contributed by atoms with van der Waals surface area (Å²) in [6.45, 7) is 2.38. The molecule has 0 rings (SSSR count). The van der Waals surface area contributed by atoms with E-state index in [0.29, 0.717) is 6.61 Å². The fraction of sp³-hybridized carbons (Fsp3) is 0.875. The van der Waals surface area contributed by atoms with Crippen molar-refractivity contribution in [3.8, 4) is 0 Å². The Morgan fingerprint density at radius 1 is 1.53 bits per heavy atom. The molecular weight excluding hydrogens is 237 g/mol. The Morgan fingerprint density at radius 3 is 2.53 bits per heavy atom. The van der Waals surface area contributed by atoms with Crippen LogP contribution in [0.25, 0.3) is 0 Å². The predicted molar refractivity (Wildman–Crippen MR) is 62.0 cm³/mol. The van der Waals surface area contributed by atoms with Crippen molar-refractivity contribution in [1.82, 2.24) is 5.32 Å². The summed E-state index contributed by atoms with van der Waals surface area (Å²) in [6, 6.07) is 0. The molecule has 0 radical (unpaired) electrons. The minimum absolute atomic E-state index is 0.0699. The number of carbonyl (C=O) groups is 1. The van der Waals surface area contributed by atoms with Gasteiger partial charge in [0.05, 0.1) is 18.5 Å². The van der Waals surface area contributed by atoms with Gasteiger partial charge < -0.3 is 9.84 Å². The number of hydrogen-bond donors (Lipinski definition) is 1. The zero-order chi connectivity index (χ0) is 11.9. The van der Waals surface area contributed by atoms with E-state index in [0.717, 1.165) is 11.4 Å². The molecule has 0 fully saturated rings. The number of rotatable bonds is 7. The lowest BCUT2D eigenvalue weighted by Crippen LogP contribution is -2.20. The van der Waals surface area contributed by atoms with Crippen molar-refractivity contribution in [2.75, 3.05) is 19.4 Å². The maximum atomic E-state index is 12.0. The monoisotopic (exact) mass is 255 g/mol. The largest absolute Gasteiger partial charge is 0.389 e. The molecule has 1 unspecified atom stereocenters. The molecule has 0 aliphatic heterocycles. The molecule has 0 aromatic carbocycles. The average molecular weight is 255 g/mol. The molecule has 0 spiro atoms. The molecule has 0 saturated heterocycles. The molecule has 1 amide bonds. The molecule has 90 valence electrons. The second kappa shape index (κ2) is 7.28. The van der Waals surface area contributed by atoms with Gasteiger partial charge in [-0.15, -0.1) is 0 Å². The molecule has 0 heterocycles. The highest BCUT2D eigenvalue weighted by Crippen LogP contribution is 2.61. The van der Waals surface area contributed by atoms with Crippen molar-refractivity contribution < 1.29 is 18.4 Å². The number of amides is 1. The normalized spacial score (nSPS) is 15.0. The van der Waals surface area contributed by atoms with Crippen molar-refractivity contribution >= 4 is 24.1 Å². The van der Waals surface area contributed by atoms with E-state index >= 15 is 0 Å². The van der Waals surface area contributed by atoms with Gasteiger partial charge in [0.15, 0.2) is 0 Å². The first-order valence-electron chi connectivity index (χ1n) is 4.71. The SMILES string of the molecule is CCOP(=O)(OC(C)C)SCC(=O)NC. The highest BCUT2D eigenvalue weighted by Gasteiger charge is 2.27. The Balaban J connectivity index is 4.25. The summed E-state index contributed by atoms with van der Waals surface area (Å²) in [5.74, 6) is -0.132. The fourth-order valence-corrected chi connectivity index (χ4v) is 4.24. The van der Waals surface area contributed by atoms with Crippen LogP contribution in [-0.4, -0.2) is 31.4 Å². The quantitative estimate of drug-likeness (QED) is 0.705. The van der Waals surface area contributed by atoms with Gasteiger partial charge >= 0.3 is 6.80 Å². The lowest BCUT2D eigenvalue weighted by Gasteiger charge is -2.18. The maximum absolute atomic E-state index is 12.0. The van der Waals surface area contributed by atoms with E-state index in [9.17, 15) is 9.36 Å². The standard InChI is InChI=1S/C8H18NO4PS/c1-5-12-14(11,13-7(2)3)15-6-8(10)9-4/h7H,5-6H2,1-4H3,(H,9,10). The van der Waals surface area contributed by atoms with E-state index in [1.165, 1.54) is 7.05 Å². The lowest BCUT2D eigenvalue weighted by molar-refractivity contribution is -0.118. The van der Waals surface area contributed by atoms with E-state index in [2.05, 4.69) is 5.32 Å². The van der Waals surface area contributed by atoms with Gasteiger partial charge in [0.1, 0.15) is 0 Å². The Labute approximate surface area is 94.6 Å². The number of carbonyl (C=O) groups excluding carboxylic acids is 1. The Bertz CT molecular complexity index is 247. The molecule has 0 aromatic heterocycles. The molecule has 0 aliphatic carbocycles. The van der Waals surface area contributed by atoms with Gasteiger partial charge in [-0.25, -0.2) is 4.57 Å². The highest BCUT2D eigenvalue weighted by atomic mass is 32.7. The van der Waals surface area contributed by atoms with Crippen LogP contribution in [0, 0.1) is 0 Å². The van der Waals surface area contributed by atoms with E-state index in [4.69, 9.17) is 9.05 Å². The van der Waals surface area contributed by atoms with Gasteiger partial charge in [-0.1, -0.05) is 0 Å². The molecule has 1 N–H and O–H groups in total. The van der Waals surface area contributed by atoms with Crippen molar-refractivity contribution in [1.29, 1.82) is 0 Å². The second-order valence-corrected chi connectivity index (χ2v) is 6.99. The van der Waals surface area contributed by atoms with Crippen LogP contribution in [0.4, 0.5) is 0 Å². The average Bonchev–Trinajstić information content (AvgIpc) is 2.13. The van der Waals surface area contributed by atoms with Crippen LogP contribution in [0.2, 0.25) is 0 Å². The van der Waals surface area contributed by atoms with Crippen LogP contribution in [0.3, 0.4) is 0 Å². The van der Waals surface area contributed by atoms with Crippen molar-refractivity contribution in [3.63, 3.8) is 0 Å². The van der Waals surface area contributed by atoms with Gasteiger partial charge in [-0.3, -0.25) is 9.32 Å². The third kappa shape index (κ3) is 6.95. The van der Waals surface area contributed by atoms with E-state index < -0.39 is 6.80 Å². The molecule has 0 saturated carbocycles. The third-order valence-electron chi connectivity index (χ3n) is 1.26. The molecule has 7 heteroatoms. The van der Waals surface area contributed by atoms with Crippen molar-refractivity contribution in [3.05, 3.63) is 0 Å². The van der Waals surface area contributed by atoms with Gasteiger partial charge in [-0.05, 0) is 32.2 Å². The van der Waals surface area contributed by atoms with Crippen LogP contribution in [0.15, 0.2) is 0 Å². The topological polar surface area (TPSA) is 64.6 Å². The minimum atomic E-state index is -3.19. The van der Waals surface area contributed by atoms with Crippen molar-refractivity contribution in [2.24, 2.45) is 0 Å². The first-order chi connectivity index (χ1) is 6.93. The minimum Gasteiger partial charge on any atom is -0.358 e. The molecule has 5 nitrogen and oxygen atoms in total. The summed E-state index contributed by atoms with van der Waals surface area (Å²) < 4.78 is 22.2. The van der Waals surface area contributed by atoms with Crippen LogP contribution in [0.5, 0.6) is 0 Å². The summed E-state index contributed by atoms with van der Waals surface area (Å²) in [7, 11) is 1.53. The predicted octanol–water partition coefficient (Wildman–Crippen LogP) is 2.04. The van der Waals surface area contributed by atoms with Gasteiger partial charge in [0, 0.05) is 7.05 Å². The number of hydrogen-bond acceptors (Lipinski definition) is 5. The van der Waals surface area contributed by atoms with Crippen LogP contribution in [-0.2, 0) is 18.4 Å². The highest BCUT2D eigenvalue weighted by molar-refractivity contribution is 8.55. The molecule has 0 aromatic rings. The number of nitrogens with one attached hydrogen (secondary N) is 1. The third-order valence-corrected chi connectivity index (χ3v) is 5.13. The molecule has 1 atom stereocenters. The van der Waals surface area contributed by atoms with Gasteiger partial charge in [0.2, 0.25) is 5.91 Å². The Morgan fingerprint density at radius 2 is 2.13 bits per heavy atom. The maximum Gasteiger partial charge on any atom is 0.389 e. The van der Waals surface area contributed by atoms with Gasteiger partial charge in [0.25, 0.3) is 0 Å². The lowest BCUT2D eigenvalue weighted by atomic mass is 10.5.